The number of hydrogen-bond donors (Lipinski definition) is 2. The fourth-order valence-corrected chi connectivity index (χ4v) is 2.98. The molecule has 0 aliphatic heterocycles. The molecule has 1 aromatic carbocycles. The van der Waals surface area contributed by atoms with Crippen molar-refractivity contribution in [2.75, 3.05) is 13.1 Å². The maximum Gasteiger partial charge on any atom is 0.191 e. The van der Waals surface area contributed by atoms with Gasteiger partial charge in [0.15, 0.2) is 11.6 Å². The molecule has 0 fully saturated rings. The van der Waals surface area contributed by atoms with Crippen LogP contribution in [0.4, 0.5) is 0 Å². The van der Waals surface area contributed by atoms with Crippen LogP contribution in [0.2, 0.25) is 0 Å². The molecule has 0 aliphatic carbocycles. The number of fused-ring (bicyclic) bond motifs is 1. The Morgan fingerprint density at radius 2 is 1.86 bits per heavy atom. The molecule has 0 radical (unpaired) electrons. The van der Waals surface area contributed by atoms with E-state index < -0.39 is 0 Å². The van der Waals surface area contributed by atoms with Crippen molar-refractivity contribution >= 4 is 35.6 Å². The quantitative estimate of drug-likeness (QED) is 0.287. The second-order valence-electron chi connectivity index (χ2n) is 6.63. The molecule has 1 atom stereocenters. The van der Waals surface area contributed by atoms with E-state index in [-0.39, 0.29) is 24.0 Å². The summed E-state index contributed by atoms with van der Waals surface area (Å²) >= 11 is 0. The molecular formula is C21H29IN6. The van der Waals surface area contributed by atoms with Crippen LogP contribution in [-0.2, 0) is 12.8 Å². The van der Waals surface area contributed by atoms with E-state index in [9.17, 15) is 0 Å². The maximum absolute atomic E-state index is 4.70. The van der Waals surface area contributed by atoms with Crippen molar-refractivity contribution in [1.29, 1.82) is 0 Å². The Morgan fingerprint density at radius 1 is 1.07 bits per heavy atom. The molecule has 28 heavy (non-hydrogen) atoms. The molecule has 0 bridgehead atoms. The molecule has 0 amide bonds. The predicted molar refractivity (Wildman–Crippen MR) is 125 cm³/mol. The first-order chi connectivity index (χ1) is 13.3. The molecule has 2 N–H and O–H groups in total. The molecule has 1 unspecified atom stereocenters. The molecule has 2 aromatic heterocycles. The summed E-state index contributed by atoms with van der Waals surface area (Å²) in [6.07, 6.45) is 4.85. The minimum atomic E-state index is 0. The second kappa shape index (κ2) is 11.6. The lowest BCUT2D eigenvalue weighted by molar-refractivity contribution is 0.593. The lowest BCUT2D eigenvalue weighted by atomic mass is 10.1. The van der Waals surface area contributed by atoms with Crippen LogP contribution in [0.1, 0.15) is 31.7 Å². The van der Waals surface area contributed by atoms with Crippen molar-refractivity contribution in [2.24, 2.45) is 4.99 Å². The molecule has 0 aliphatic rings. The van der Waals surface area contributed by atoms with Crippen molar-refractivity contribution in [2.45, 2.75) is 39.2 Å². The van der Waals surface area contributed by atoms with Crippen LogP contribution in [0.25, 0.3) is 5.65 Å². The molecule has 0 saturated carbocycles. The van der Waals surface area contributed by atoms with Crippen LogP contribution in [0.5, 0.6) is 0 Å². The summed E-state index contributed by atoms with van der Waals surface area (Å²) in [6, 6.07) is 16.8. The summed E-state index contributed by atoms with van der Waals surface area (Å²) in [5.41, 5.74) is 2.24. The van der Waals surface area contributed by atoms with Gasteiger partial charge in [0.05, 0.1) is 0 Å². The number of benzene rings is 1. The number of nitrogens with one attached hydrogen (secondary N) is 2. The molecule has 150 valence electrons. The number of nitrogens with zero attached hydrogens (tertiary/aromatic N) is 4. The van der Waals surface area contributed by atoms with Gasteiger partial charge in [0.1, 0.15) is 5.82 Å². The minimum Gasteiger partial charge on any atom is -0.357 e. The maximum atomic E-state index is 4.70. The first-order valence-corrected chi connectivity index (χ1v) is 9.63. The number of halogens is 1. The largest absolute Gasteiger partial charge is 0.357 e. The van der Waals surface area contributed by atoms with Gasteiger partial charge in [-0.25, -0.2) is 0 Å². The molecule has 0 saturated heterocycles. The summed E-state index contributed by atoms with van der Waals surface area (Å²) in [4.78, 5) is 4.70. The van der Waals surface area contributed by atoms with Crippen LogP contribution in [-0.4, -0.2) is 39.7 Å². The number of aliphatic imine (C=N–C) groups is 1. The average molecular weight is 492 g/mol. The Hall–Kier alpha value is -2.16. The Morgan fingerprint density at radius 3 is 2.64 bits per heavy atom. The summed E-state index contributed by atoms with van der Waals surface area (Å²) in [5, 5.41) is 15.3. The van der Waals surface area contributed by atoms with E-state index in [2.05, 4.69) is 65.0 Å². The standard InChI is InChI=1S/C21H28N6.HI/c1-3-22-21(24-17(2)12-13-18-9-5-4-6-10-18)23-15-14-20-26-25-19-11-7-8-16-27(19)20;/h4-11,16-17H,3,12-15H2,1-2H3,(H2,22,23,24);1H. The van der Waals surface area contributed by atoms with Crippen molar-refractivity contribution in [3.8, 4) is 0 Å². The Bertz CT molecular complexity index is 861. The lowest BCUT2D eigenvalue weighted by Gasteiger charge is -2.17. The van der Waals surface area contributed by atoms with Gasteiger partial charge in [-0.3, -0.25) is 9.39 Å². The Kier molecular flexibility index (Phi) is 9.19. The molecule has 3 aromatic rings. The van der Waals surface area contributed by atoms with Crippen LogP contribution in [0.15, 0.2) is 59.7 Å². The van der Waals surface area contributed by atoms with Gasteiger partial charge in [0.2, 0.25) is 0 Å². The third-order valence-corrected chi connectivity index (χ3v) is 4.43. The SMILES string of the molecule is CCNC(=NCCc1nnc2ccccn12)NC(C)CCc1ccccc1.I. The van der Waals surface area contributed by atoms with Gasteiger partial charge in [-0.05, 0) is 44.4 Å². The number of aromatic nitrogens is 3. The first kappa shape index (κ1) is 22.1. The number of hydrogen-bond acceptors (Lipinski definition) is 3. The van der Waals surface area contributed by atoms with E-state index in [1.807, 2.05) is 28.8 Å². The van der Waals surface area contributed by atoms with Crippen LogP contribution in [0, 0.1) is 0 Å². The zero-order valence-electron chi connectivity index (χ0n) is 16.5. The van der Waals surface area contributed by atoms with Crippen molar-refractivity contribution in [3.63, 3.8) is 0 Å². The average Bonchev–Trinajstić information content (AvgIpc) is 3.11. The zero-order valence-corrected chi connectivity index (χ0v) is 18.8. The third kappa shape index (κ3) is 6.47. The summed E-state index contributed by atoms with van der Waals surface area (Å²) in [6.45, 7) is 5.78. The van der Waals surface area contributed by atoms with E-state index >= 15 is 0 Å². The highest BCUT2D eigenvalue weighted by molar-refractivity contribution is 14.0. The summed E-state index contributed by atoms with van der Waals surface area (Å²) < 4.78 is 2.01. The highest BCUT2D eigenvalue weighted by Gasteiger charge is 2.07. The van der Waals surface area contributed by atoms with Gasteiger partial charge >= 0.3 is 0 Å². The molecular weight excluding hydrogens is 463 g/mol. The van der Waals surface area contributed by atoms with Gasteiger partial charge in [-0.15, -0.1) is 34.2 Å². The Balaban J connectivity index is 0.00000280. The number of pyridine rings is 1. The second-order valence-corrected chi connectivity index (χ2v) is 6.63. The monoisotopic (exact) mass is 492 g/mol. The summed E-state index contributed by atoms with van der Waals surface area (Å²) in [5.74, 6) is 1.79. The van der Waals surface area contributed by atoms with E-state index in [4.69, 9.17) is 4.99 Å². The molecule has 2 heterocycles. The first-order valence-electron chi connectivity index (χ1n) is 9.63. The lowest BCUT2D eigenvalue weighted by Crippen LogP contribution is -2.42. The highest BCUT2D eigenvalue weighted by Crippen LogP contribution is 2.05. The van der Waals surface area contributed by atoms with Gasteiger partial charge in [0.25, 0.3) is 0 Å². The molecule has 6 nitrogen and oxygen atoms in total. The van der Waals surface area contributed by atoms with E-state index in [1.54, 1.807) is 0 Å². The predicted octanol–water partition coefficient (Wildman–Crippen LogP) is 3.47. The van der Waals surface area contributed by atoms with Crippen LogP contribution < -0.4 is 10.6 Å². The zero-order chi connectivity index (χ0) is 18.9. The minimum absolute atomic E-state index is 0. The molecule has 3 rings (SSSR count). The normalized spacial score (nSPS) is 12.4. The Labute approximate surface area is 183 Å². The van der Waals surface area contributed by atoms with Crippen molar-refractivity contribution in [3.05, 3.63) is 66.1 Å². The van der Waals surface area contributed by atoms with Gasteiger partial charge in [0, 0.05) is 31.7 Å². The van der Waals surface area contributed by atoms with Gasteiger partial charge in [-0.1, -0.05) is 36.4 Å². The number of rotatable bonds is 8. The van der Waals surface area contributed by atoms with Crippen molar-refractivity contribution < 1.29 is 0 Å². The molecule has 0 spiro atoms. The fraction of sp³-hybridized carbons (Fsp3) is 0.381. The van der Waals surface area contributed by atoms with Crippen LogP contribution >= 0.6 is 24.0 Å². The van der Waals surface area contributed by atoms with E-state index in [0.29, 0.717) is 12.6 Å². The topological polar surface area (TPSA) is 66.6 Å². The van der Waals surface area contributed by atoms with Crippen molar-refractivity contribution in [1.82, 2.24) is 25.2 Å². The van der Waals surface area contributed by atoms with Crippen LogP contribution in [0.3, 0.4) is 0 Å². The highest BCUT2D eigenvalue weighted by atomic mass is 127. The number of guanidine groups is 1. The van der Waals surface area contributed by atoms with Gasteiger partial charge in [-0.2, -0.15) is 0 Å². The summed E-state index contributed by atoms with van der Waals surface area (Å²) in [7, 11) is 0. The fourth-order valence-electron chi connectivity index (χ4n) is 2.98. The third-order valence-electron chi connectivity index (χ3n) is 4.43. The number of aryl methyl sites for hydroxylation is 1. The van der Waals surface area contributed by atoms with E-state index in [0.717, 1.165) is 43.2 Å². The molecule has 7 heteroatoms. The van der Waals surface area contributed by atoms with Gasteiger partial charge < -0.3 is 10.6 Å². The smallest absolute Gasteiger partial charge is 0.191 e. The van der Waals surface area contributed by atoms with E-state index in [1.165, 1.54) is 5.56 Å².